The second-order valence-electron chi connectivity index (χ2n) is 8.90. The molecule has 1 N–H and O–H groups in total. The fourth-order valence-corrected chi connectivity index (χ4v) is 5.46. The summed E-state index contributed by atoms with van der Waals surface area (Å²) in [7, 11) is -2.35. The normalized spacial score (nSPS) is 14.8. The summed E-state index contributed by atoms with van der Waals surface area (Å²) in [6.07, 6.45) is 4.90. The number of anilines is 1. The Hall–Kier alpha value is -2.49. The lowest BCUT2D eigenvalue weighted by Crippen LogP contribution is -2.52. The standard InChI is InChI=1S/C25H31Cl2N3O5S/c1-17(25(32)28-20-6-4-5-7-20)29(15-18-8-11-21(35-2)12-9-18)24(31)16-30(36(3,33)34)23-14-19(26)10-13-22(23)27/h8-14,17,20H,4-7,15-16H2,1-3H3,(H,28,32)/t17-/m1/s1. The van der Waals surface area contributed by atoms with Gasteiger partial charge in [0.1, 0.15) is 18.3 Å². The molecule has 2 aromatic carbocycles. The van der Waals surface area contributed by atoms with Crippen LogP contribution in [0.5, 0.6) is 5.75 Å². The number of benzene rings is 2. The third kappa shape index (κ3) is 7.27. The molecule has 0 heterocycles. The number of nitrogens with one attached hydrogen (secondary N) is 1. The summed E-state index contributed by atoms with van der Waals surface area (Å²) in [5, 5.41) is 3.43. The number of carbonyl (C=O) groups excluding carboxylic acids is 2. The van der Waals surface area contributed by atoms with Crippen molar-refractivity contribution in [2.45, 2.75) is 51.2 Å². The first kappa shape index (κ1) is 28.1. The molecule has 1 saturated carbocycles. The lowest BCUT2D eigenvalue weighted by molar-refractivity contribution is -0.139. The smallest absolute Gasteiger partial charge is 0.244 e. The highest BCUT2D eigenvalue weighted by Crippen LogP contribution is 2.31. The summed E-state index contributed by atoms with van der Waals surface area (Å²) < 4.78 is 31.5. The summed E-state index contributed by atoms with van der Waals surface area (Å²) in [6.45, 7) is 1.20. The van der Waals surface area contributed by atoms with E-state index in [0.29, 0.717) is 5.75 Å². The molecule has 0 saturated heterocycles. The number of carbonyl (C=O) groups is 2. The Morgan fingerprint density at radius 2 is 1.75 bits per heavy atom. The van der Waals surface area contributed by atoms with Gasteiger partial charge in [0.05, 0.1) is 24.1 Å². The van der Waals surface area contributed by atoms with Crippen molar-refractivity contribution >= 4 is 50.7 Å². The van der Waals surface area contributed by atoms with E-state index >= 15 is 0 Å². The zero-order valence-electron chi connectivity index (χ0n) is 20.5. The predicted molar refractivity (Wildman–Crippen MR) is 142 cm³/mol. The second-order valence-corrected chi connectivity index (χ2v) is 11.7. The highest BCUT2D eigenvalue weighted by atomic mass is 35.5. The second kappa shape index (κ2) is 12.2. The van der Waals surface area contributed by atoms with Crippen LogP contribution in [0.15, 0.2) is 42.5 Å². The molecule has 1 aliphatic rings. The van der Waals surface area contributed by atoms with Gasteiger partial charge >= 0.3 is 0 Å². The summed E-state index contributed by atoms with van der Waals surface area (Å²) in [5.41, 5.74) is 0.851. The average molecular weight is 557 g/mol. The third-order valence-corrected chi connectivity index (χ3v) is 7.92. The van der Waals surface area contributed by atoms with Gasteiger partial charge in [-0.3, -0.25) is 13.9 Å². The van der Waals surface area contributed by atoms with Crippen molar-refractivity contribution in [3.05, 3.63) is 58.1 Å². The SMILES string of the molecule is COc1ccc(CN(C(=O)CN(c2cc(Cl)ccc2Cl)S(C)(=O)=O)[C@H](C)C(=O)NC2CCCC2)cc1. The molecule has 1 fully saturated rings. The van der Waals surface area contributed by atoms with Crippen LogP contribution < -0.4 is 14.4 Å². The first-order valence-electron chi connectivity index (χ1n) is 11.6. The molecule has 0 spiro atoms. The van der Waals surface area contributed by atoms with E-state index in [0.717, 1.165) is 41.8 Å². The van der Waals surface area contributed by atoms with Gasteiger partial charge in [-0.1, -0.05) is 48.2 Å². The molecule has 0 unspecified atom stereocenters. The van der Waals surface area contributed by atoms with E-state index in [9.17, 15) is 18.0 Å². The number of halogens is 2. The Morgan fingerprint density at radius 1 is 1.11 bits per heavy atom. The van der Waals surface area contributed by atoms with Crippen LogP contribution in [0, 0.1) is 0 Å². The van der Waals surface area contributed by atoms with E-state index in [1.54, 1.807) is 38.3 Å². The average Bonchev–Trinajstić information content (AvgIpc) is 3.34. The number of sulfonamides is 1. The molecule has 0 aliphatic heterocycles. The van der Waals surface area contributed by atoms with Gasteiger partial charge < -0.3 is 15.0 Å². The van der Waals surface area contributed by atoms with Crippen molar-refractivity contribution in [3.8, 4) is 5.75 Å². The monoisotopic (exact) mass is 555 g/mol. The van der Waals surface area contributed by atoms with E-state index < -0.39 is 28.5 Å². The molecule has 1 aliphatic carbocycles. The van der Waals surface area contributed by atoms with Gasteiger partial charge in [0, 0.05) is 17.6 Å². The van der Waals surface area contributed by atoms with E-state index in [-0.39, 0.29) is 34.2 Å². The van der Waals surface area contributed by atoms with Gasteiger partial charge in [-0.2, -0.15) is 0 Å². The maximum atomic E-state index is 13.6. The van der Waals surface area contributed by atoms with E-state index in [2.05, 4.69) is 5.32 Å². The molecule has 196 valence electrons. The molecule has 8 nitrogen and oxygen atoms in total. The molecule has 1 atom stereocenters. The predicted octanol–water partition coefficient (Wildman–Crippen LogP) is 4.24. The maximum absolute atomic E-state index is 13.6. The molecule has 11 heteroatoms. The Kier molecular flexibility index (Phi) is 9.49. The number of ether oxygens (including phenoxy) is 1. The molecule has 3 rings (SSSR count). The third-order valence-electron chi connectivity index (χ3n) is 6.24. The molecule has 2 amide bonds. The number of hydrogen-bond donors (Lipinski definition) is 1. The number of amides is 2. The van der Waals surface area contributed by atoms with Crippen molar-refractivity contribution in [2.75, 3.05) is 24.2 Å². The number of nitrogens with zero attached hydrogens (tertiary/aromatic N) is 2. The van der Waals surface area contributed by atoms with Gasteiger partial charge in [-0.05, 0) is 55.7 Å². The molecule has 0 bridgehead atoms. The van der Waals surface area contributed by atoms with Crippen molar-refractivity contribution in [3.63, 3.8) is 0 Å². The number of methoxy groups -OCH3 is 1. The van der Waals surface area contributed by atoms with Gasteiger partial charge in [-0.15, -0.1) is 0 Å². The summed E-state index contributed by atoms with van der Waals surface area (Å²) in [4.78, 5) is 28.1. The van der Waals surface area contributed by atoms with Crippen molar-refractivity contribution in [2.24, 2.45) is 0 Å². The molecular formula is C25H31Cl2N3O5S. The zero-order valence-corrected chi connectivity index (χ0v) is 22.9. The molecule has 0 aromatic heterocycles. The van der Waals surface area contributed by atoms with Crippen molar-refractivity contribution in [1.29, 1.82) is 0 Å². The Bertz CT molecular complexity index is 1180. The highest BCUT2D eigenvalue weighted by Gasteiger charge is 2.32. The quantitative estimate of drug-likeness (QED) is 0.472. The molecule has 36 heavy (non-hydrogen) atoms. The van der Waals surface area contributed by atoms with Crippen LogP contribution in [-0.2, 0) is 26.2 Å². The van der Waals surface area contributed by atoms with Gasteiger partial charge in [0.2, 0.25) is 21.8 Å². The van der Waals surface area contributed by atoms with Crippen LogP contribution in [0.4, 0.5) is 5.69 Å². The summed E-state index contributed by atoms with van der Waals surface area (Å²) in [5.74, 6) is -0.181. The van der Waals surface area contributed by atoms with E-state index in [1.165, 1.54) is 23.1 Å². The van der Waals surface area contributed by atoms with Gasteiger partial charge in [0.25, 0.3) is 0 Å². The van der Waals surface area contributed by atoms with Crippen LogP contribution in [0.25, 0.3) is 0 Å². The largest absolute Gasteiger partial charge is 0.497 e. The summed E-state index contributed by atoms with van der Waals surface area (Å²) >= 11 is 12.3. The van der Waals surface area contributed by atoms with Gasteiger partial charge in [0.15, 0.2) is 0 Å². The fraction of sp³-hybridized carbons (Fsp3) is 0.440. The first-order chi connectivity index (χ1) is 17.0. The minimum Gasteiger partial charge on any atom is -0.497 e. The van der Waals surface area contributed by atoms with Gasteiger partial charge in [-0.25, -0.2) is 8.42 Å². The topological polar surface area (TPSA) is 96.0 Å². The Labute approximate surface area is 222 Å². The Morgan fingerprint density at radius 3 is 2.33 bits per heavy atom. The lowest BCUT2D eigenvalue weighted by atomic mass is 10.1. The van der Waals surface area contributed by atoms with Crippen molar-refractivity contribution < 1.29 is 22.7 Å². The molecular weight excluding hydrogens is 525 g/mol. The fourth-order valence-electron chi connectivity index (χ4n) is 4.17. The van der Waals surface area contributed by atoms with Crippen LogP contribution in [0.3, 0.4) is 0 Å². The molecule has 0 radical (unpaired) electrons. The molecule has 2 aromatic rings. The lowest BCUT2D eigenvalue weighted by Gasteiger charge is -2.32. The zero-order chi connectivity index (χ0) is 26.5. The van der Waals surface area contributed by atoms with E-state index in [1.807, 2.05) is 0 Å². The first-order valence-corrected chi connectivity index (χ1v) is 14.3. The number of hydrogen-bond acceptors (Lipinski definition) is 5. The highest BCUT2D eigenvalue weighted by molar-refractivity contribution is 7.92. The van der Waals surface area contributed by atoms with Crippen LogP contribution in [0.2, 0.25) is 10.0 Å². The van der Waals surface area contributed by atoms with Crippen LogP contribution >= 0.6 is 23.2 Å². The van der Waals surface area contributed by atoms with Crippen LogP contribution in [-0.4, -0.2) is 57.1 Å². The maximum Gasteiger partial charge on any atom is 0.244 e. The minimum atomic E-state index is -3.91. The summed E-state index contributed by atoms with van der Waals surface area (Å²) in [6, 6.07) is 10.7. The van der Waals surface area contributed by atoms with Crippen molar-refractivity contribution in [1.82, 2.24) is 10.2 Å². The minimum absolute atomic E-state index is 0.0793. The Balaban J connectivity index is 1.90. The number of rotatable bonds is 10. The van der Waals surface area contributed by atoms with Crippen LogP contribution in [0.1, 0.15) is 38.2 Å². The van der Waals surface area contributed by atoms with E-state index in [4.69, 9.17) is 27.9 Å².